The Morgan fingerprint density at radius 3 is 2.23 bits per heavy atom. The molecule has 0 saturated carbocycles. The first-order chi connectivity index (χ1) is 12.5. The molecular weight excluding hydrogens is 372 g/mol. The first kappa shape index (κ1) is 18.8. The standard InChI is InChI=1S/C18H20N2O4S2/c21-16(15-5-2-1-3-6-15)8-9-17(22)19-10-12-20(13-11-19)26(23,24)18-7-4-14-25-18/h1-7,14H,8-13H2. The summed E-state index contributed by atoms with van der Waals surface area (Å²) in [6, 6.07) is 12.2. The Bertz CT molecular complexity index is 856. The van der Waals surface area contributed by atoms with Crippen LogP contribution in [0.1, 0.15) is 23.2 Å². The van der Waals surface area contributed by atoms with Crippen molar-refractivity contribution in [3.8, 4) is 0 Å². The third-order valence-corrected chi connectivity index (χ3v) is 7.61. The number of rotatable bonds is 6. The zero-order valence-corrected chi connectivity index (χ0v) is 15.8. The van der Waals surface area contributed by atoms with Crippen LogP contribution in [0.4, 0.5) is 0 Å². The summed E-state index contributed by atoms with van der Waals surface area (Å²) in [5.41, 5.74) is 0.604. The van der Waals surface area contributed by atoms with Crippen molar-refractivity contribution in [3.63, 3.8) is 0 Å². The molecule has 0 N–H and O–H groups in total. The lowest BCUT2D eigenvalue weighted by Crippen LogP contribution is -2.50. The van der Waals surface area contributed by atoms with Crippen LogP contribution < -0.4 is 0 Å². The Morgan fingerprint density at radius 2 is 1.62 bits per heavy atom. The minimum absolute atomic E-state index is 0.0575. The molecule has 138 valence electrons. The molecule has 1 aliphatic rings. The average molecular weight is 393 g/mol. The highest BCUT2D eigenvalue weighted by atomic mass is 32.2. The van der Waals surface area contributed by atoms with Crippen LogP contribution >= 0.6 is 11.3 Å². The molecule has 8 heteroatoms. The van der Waals surface area contributed by atoms with E-state index in [1.54, 1.807) is 46.7 Å². The molecule has 0 unspecified atom stereocenters. The minimum Gasteiger partial charge on any atom is -0.340 e. The summed E-state index contributed by atoms with van der Waals surface area (Å²) in [4.78, 5) is 26.1. The fourth-order valence-corrected chi connectivity index (χ4v) is 5.43. The molecule has 0 bridgehead atoms. The summed E-state index contributed by atoms with van der Waals surface area (Å²) in [5, 5.41) is 1.73. The van der Waals surface area contributed by atoms with Gasteiger partial charge in [-0.2, -0.15) is 4.31 Å². The summed E-state index contributed by atoms with van der Waals surface area (Å²) in [7, 11) is -3.47. The second kappa shape index (κ2) is 8.11. The van der Waals surface area contributed by atoms with E-state index < -0.39 is 10.0 Å². The number of benzene rings is 1. The summed E-state index contributed by atoms with van der Waals surface area (Å²) < 4.78 is 26.7. The van der Waals surface area contributed by atoms with Crippen LogP contribution in [-0.4, -0.2) is 55.5 Å². The molecule has 2 heterocycles. The molecule has 1 amide bonds. The number of carbonyl (C=O) groups excluding carboxylic acids is 2. The van der Waals surface area contributed by atoms with Crippen LogP contribution in [0.2, 0.25) is 0 Å². The van der Waals surface area contributed by atoms with Gasteiger partial charge in [0.15, 0.2) is 5.78 Å². The number of Topliss-reactive ketones (excluding diaryl/α,β-unsaturated/α-hetero) is 1. The van der Waals surface area contributed by atoms with Crippen LogP contribution in [0.3, 0.4) is 0 Å². The molecule has 0 spiro atoms. The highest BCUT2D eigenvalue weighted by molar-refractivity contribution is 7.91. The van der Waals surface area contributed by atoms with Crippen LogP contribution in [-0.2, 0) is 14.8 Å². The fourth-order valence-electron chi connectivity index (χ4n) is 2.86. The second-order valence-electron chi connectivity index (χ2n) is 6.01. The van der Waals surface area contributed by atoms with Gasteiger partial charge in [0, 0.05) is 44.6 Å². The van der Waals surface area contributed by atoms with Crippen LogP contribution in [0.15, 0.2) is 52.1 Å². The van der Waals surface area contributed by atoms with Gasteiger partial charge in [-0.05, 0) is 11.4 Å². The number of hydrogen-bond acceptors (Lipinski definition) is 5. The van der Waals surface area contributed by atoms with Crippen LogP contribution in [0.5, 0.6) is 0 Å². The van der Waals surface area contributed by atoms with Gasteiger partial charge in [0.25, 0.3) is 10.0 Å². The van der Waals surface area contributed by atoms with Crippen molar-refractivity contribution in [2.24, 2.45) is 0 Å². The second-order valence-corrected chi connectivity index (χ2v) is 9.12. The molecule has 0 aliphatic carbocycles. The molecule has 26 heavy (non-hydrogen) atoms. The van der Waals surface area contributed by atoms with Crippen molar-refractivity contribution in [2.45, 2.75) is 17.1 Å². The maximum atomic E-state index is 12.5. The topological polar surface area (TPSA) is 74.8 Å². The largest absolute Gasteiger partial charge is 0.340 e. The molecule has 1 fully saturated rings. The first-order valence-electron chi connectivity index (χ1n) is 8.38. The lowest BCUT2D eigenvalue weighted by atomic mass is 10.1. The Hall–Kier alpha value is -2.03. The number of sulfonamides is 1. The van der Waals surface area contributed by atoms with E-state index in [-0.39, 0.29) is 37.6 Å². The van der Waals surface area contributed by atoms with E-state index in [0.29, 0.717) is 22.9 Å². The van der Waals surface area contributed by atoms with Gasteiger partial charge in [-0.3, -0.25) is 9.59 Å². The number of thiophene rings is 1. The molecule has 1 aliphatic heterocycles. The molecule has 6 nitrogen and oxygen atoms in total. The maximum absolute atomic E-state index is 12.5. The van der Waals surface area contributed by atoms with Crippen molar-refractivity contribution < 1.29 is 18.0 Å². The number of amides is 1. The number of ketones is 1. The van der Waals surface area contributed by atoms with Crippen LogP contribution in [0, 0.1) is 0 Å². The lowest BCUT2D eigenvalue weighted by Gasteiger charge is -2.33. The quantitative estimate of drug-likeness (QED) is 0.707. The van der Waals surface area contributed by atoms with Gasteiger partial charge in [0.2, 0.25) is 5.91 Å². The predicted molar refractivity (Wildman–Crippen MR) is 99.7 cm³/mol. The Morgan fingerprint density at radius 1 is 0.923 bits per heavy atom. The summed E-state index contributed by atoms with van der Waals surface area (Å²) >= 11 is 1.19. The molecule has 0 atom stereocenters. The summed E-state index contributed by atoms with van der Waals surface area (Å²) in [6.07, 6.45) is 0.307. The van der Waals surface area contributed by atoms with Gasteiger partial charge in [-0.1, -0.05) is 36.4 Å². The van der Waals surface area contributed by atoms with Crippen molar-refractivity contribution >= 4 is 33.1 Å². The molecule has 1 aromatic carbocycles. The highest BCUT2D eigenvalue weighted by Gasteiger charge is 2.30. The highest BCUT2D eigenvalue weighted by Crippen LogP contribution is 2.22. The van der Waals surface area contributed by atoms with Gasteiger partial charge in [-0.25, -0.2) is 8.42 Å². The Labute approximate surface area is 157 Å². The van der Waals surface area contributed by atoms with Crippen molar-refractivity contribution in [3.05, 3.63) is 53.4 Å². The molecule has 2 aromatic rings. The molecule has 1 aromatic heterocycles. The number of hydrogen-bond donors (Lipinski definition) is 0. The summed E-state index contributed by atoms with van der Waals surface area (Å²) in [6.45, 7) is 1.25. The number of piperazine rings is 1. The van der Waals surface area contributed by atoms with Gasteiger partial charge in [-0.15, -0.1) is 11.3 Å². The van der Waals surface area contributed by atoms with E-state index in [9.17, 15) is 18.0 Å². The Kier molecular flexibility index (Phi) is 5.85. The molecular formula is C18H20N2O4S2. The smallest absolute Gasteiger partial charge is 0.252 e. The third-order valence-electron chi connectivity index (χ3n) is 4.34. The van der Waals surface area contributed by atoms with Crippen molar-refractivity contribution in [1.29, 1.82) is 0 Å². The van der Waals surface area contributed by atoms with Crippen molar-refractivity contribution in [1.82, 2.24) is 9.21 Å². The van der Waals surface area contributed by atoms with E-state index in [2.05, 4.69) is 0 Å². The van der Waals surface area contributed by atoms with Gasteiger partial charge in [0.05, 0.1) is 0 Å². The number of carbonyl (C=O) groups is 2. The lowest BCUT2D eigenvalue weighted by molar-refractivity contribution is -0.132. The molecule has 3 rings (SSSR count). The first-order valence-corrected chi connectivity index (χ1v) is 10.7. The van der Waals surface area contributed by atoms with E-state index in [1.807, 2.05) is 6.07 Å². The van der Waals surface area contributed by atoms with Gasteiger partial charge >= 0.3 is 0 Å². The normalized spacial score (nSPS) is 15.8. The van der Waals surface area contributed by atoms with E-state index in [1.165, 1.54) is 15.6 Å². The molecule has 1 saturated heterocycles. The average Bonchev–Trinajstić information content (AvgIpc) is 3.22. The zero-order valence-electron chi connectivity index (χ0n) is 14.2. The number of nitrogens with zero attached hydrogens (tertiary/aromatic N) is 2. The third kappa shape index (κ3) is 4.20. The summed E-state index contributed by atoms with van der Waals surface area (Å²) in [5.74, 6) is -0.166. The van der Waals surface area contributed by atoms with E-state index >= 15 is 0 Å². The predicted octanol–water partition coefficient (Wildman–Crippen LogP) is 2.24. The minimum atomic E-state index is -3.47. The van der Waals surface area contributed by atoms with E-state index in [4.69, 9.17) is 0 Å². The van der Waals surface area contributed by atoms with Gasteiger partial charge in [0.1, 0.15) is 4.21 Å². The Balaban J connectivity index is 1.50. The zero-order chi connectivity index (χ0) is 18.6. The maximum Gasteiger partial charge on any atom is 0.252 e. The monoisotopic (exact) mass is 392 g/mol. The van der Waals surface area contributed by atoms with Crippen LogP contribution in [0.25, 0.3) is 0 Å². The van der Waals surface area contributed by atoms with E-state index in [0.717, 1.165) is 0 Å². The molecule has 0 radical (unpaired) electrons. The van der Waals surface area contributed by atoms with Gasteiger partial charge < -0.3 is 4.90 Å². The SMILES string of the molecule is O=C(CCC(=O)N1CCN(S(=O)(=O)c2cccs2)CC1)c1ccccc1. The van der Waals surface area contributed by atoms with Crippen molar-refractivity contribution in [2.75, 3.05) is 26.2 Å². The fraction of sp³-hybridized carbons (Fsp3) is 0.333.